The maximum atomic E-state index is 12.3. The van der Waals surface area contributed by atoms with Gasteiger partial charge in [0.05, 0.1) is 17.2 Å². The zero-order chi connectivity index (χ0) is 17.2. The minimum Gasteiger partial charge on any atom is -0.330 e. The van der Waals surface area contributed by atoms with E-state index < -0.39 is 0 Å². The van der Waals surface area contributed by atoms with Gasteiger partial charge in [-0.05, 0) is 44.0 Å². The van der Waals surface area contributed by atoms with Crippen molar-refractivity contribution >= 4 is 22.9 Å². The summed E-state index contributed by atoms with van der Waals surface area (Å²) in [6.07, 6.45) is 1.05. The fraction of sp³-hybridized carbons (Fsp3) is 0.444. The number of benzene rings is 1. The predicted molar refractivity (Wildman–Crippen MR) is 99.1 cm³/mol. The molecule has 1 atom stereocenters. The number of carbonyl (C=O) groups excluding carboxylic acids is 1. The molecule has 5 nitrogen and oxygen atoms in total. The molecule has 2 aromatic rings. The van der Waals surface area contributed by atoms with E-state index in [-0.39, 0.29) is 11.3 Å². The molecule has 1 aliphatic heterocycles. The Kier molecular flexibility index (Phi) is 4.99. The van der Waals surface area contributed by atoms with E-state index in [0.717, 1.165) is 41.5 Å². The van der Waals surface area contributed by atoms with Gasteiger partial charge in [-0.15, -0.1) is 11.3 Å². The summed E-state index contributed by atoms with van der Waals surface area (Å²) in [5.41, 5.74) is 8.75. The number of thiazole rings is 1. The molecule has 24 heavy (non-hydrogen) atoms. The first-order chi connectivity index (χ1) is 11.5. The quantitative estimate of drug-likeness (QED) is 0.875. The van der Waals surface area contributed by atoms with E-state index in [1.54, 1.807) is 11.3 Å². The molecule has 0 saturated carbocycles. The van der Waals surface area contributed by atoms with Crippen molar-refractivity contribution in [1.82, 2.24) is 9.88 Å². The van der Waals surface area contributed by atoms with Crippen LogP contribution in [0.1, 0.15) is 18.4 Å². The molecule has 0 spiro atoms. The number of likely N-dealkylation sites (tertiary alicyclic amines) is 1. The molecule has 6 heteroatoms. The molecule has 2 heterocycles. The predicted octanol–water partition coefficient (Wildman–Crippen LogP) is 2.73. The molecule has 0 aliphatic carbocycles. The number of anilines is 1. The molecule has 3 N–H and O–H groups in total. The van der Waals surface area contributed by atoms with E-state index in [1.165, 1.54) is 0 Å². The summed E-state index contributed by atoms with van der Waals surface area (Å²) in [6.45, 7) is 7.07. The number of carbonyl (C=O) groups is 1. The van der Waals surface area contributed by atoms with Crippen LogP contribution in [0.5, 0.6) is 0 Å². The van der Waals surface area contributed by atoms with E-state index in [0.29, 0.717) is 13.1 Å². The SMILES string of the molecule is Cc1nc(-c2cccc(NC(=O)CN3CCC(C)(CN)C3)c2)cs1. The number of amides is 1. The number of nitrogens with one attached hydrogen (secondary N) is 1. The third-order valence-electron chi connectivity index (χ3n) is 4.56. The van der Waals surface area contributed by atoms with Crippen molar-refractivity contribution in [2.24, 2.45) is 11.1 Å². The van der Waals surface area contributed by atoms with E-state index in [9.17, 15) is 4.79 Å². The number of aromatic nitrogens is 1. The van der Waals surface area contributed by atoms with Gasteiger partial charge in [-0.2, -0.15) is 0 Å². The van der Waals surface area contributed by atoms with Crippen LogP contribution in [0.15, 0.2) is 29.6 Å². The zero-order valence-corrected chi connectivity index (χ0v) is 15.0. The highest BCUT2D eigenvalue weighted by Gasteiger charge is 2.33. The minimum absolute atomic E-state index is 0.0166. The van der Waals surface area contributed by atoms with Crippen molar-refractivity contribution in [2.75, 3.05) is 31.5 Å². The summed E-state index contributed by atoms with van der Waals surface area (Å²) in [5.74, 6) is 0.0166. The Balaban J connectivity index is 1.61. The molecule has 0 radical (unpaired) electrons. The van der Waals surface area contributed by atoms with Gasteiger partial charge in [-0.1, -0.05) is 19.1 Å². The van der Waals surface area contributed by atoms with Gasteiger partial charge in [0.25, 0.3) is 0 Å². The minimum atomic E-state index is 0.0166. The molecular weight excluding hydrogens is 320 g/mol. The maximum Gasteiger partial charge on any atom is 0.238 e. The molecule has 1 aromatic heterocycles. The van der Waals surface area contributed by atoms with Crippen LogP contribution >= 0.6 is 11.3 Å². The van der Waals surface area contributed by atoms with Crippen molar-refractivity contribution in [3.63, 3.8) is 0 Å². The third kappa shape index (κ3) is 4.01. The molecule has 1 fully saturated rings. The average molecular weight is 344 g/mol. The third-order valence-corrected chi connectivity index (χ3v) is 5.33. The van der Waals surface area contributed by atoms with Crippen molar-refractivity contribution in [1.29, 1.82) is 0 Å². The molecule has 128 valence electrons. The van der Waals surface area contributed by atoms with Crippen molar-refractivity contribution in [3.05, 3.63) is 34.7 Å². The summed E-state index contributed by atoms with van der Waals surface area (Å²) in [5, 5.41) is 6.07. The number of nitrogens with two attached hydrogens (primary N) is 1. The van der Waals surface area contributed by atoms with Crippen LogP contribution in [-0.2, 0) is 4.79 Å². The fourth-order valence-corrected chi connectivity index (χ4v) is 3.71. The van der Waals surface area contributed by atoms with Gasteiger partial charge >= 0.3 is 0 Å². The normalized spacial score (nSPS) is 21.1. The first-order valence-corrected chi connectivity index (χ1v) is 9.10. The van der Waals surface area contributed by atoms with Crippen LogP contribution in [0.3, 0.4) is 0 Å². The summed E-state index contributed by atoms with van der Waals surface area (Å²) in [6, 6.07) is 7.84. The molecule has 1 unspecified atom stereocenters. The van der Waals surface area contributed by atoms with E-state index in [2.05, 4.69) is 22.1 Å². The van der Waals surface area contributed by atoms with Crippen molar-refractivity contribution in [3.8, 4) is 11.3 Å². The standard InChI is InChI=1S/C18H24N4OS/c1-13-20-16(10-24-13)14-4-3-5-15(8-14)21-17(23)9-22-7-6-18(2,11-19)12-22/h3-5,8,10H,6-7,9,11-12,19H2,1-2H3,(H,21,23). The number of nitrogens with zero attached hydrogens (tertiary/aromatic N) is 2. The van der Waals surface area contributed by atoms with Gasteiger partial charge < -0.3 is 11.1 Å². The van der Waals surface area contributed by atoms with Crippen LogP contribution in [0.4, 0.5) is 5.69 Å². The van der Waals surface area contributed by atoms with E-state index in [4.69, 9.17) is 5.73 Å². The highest BCUT2D eigenvalue weighted by molar-refractivity contribution is 7.09. The van der Waals surface area contributed by atoms with Gasteiger partial charge in [-0.25, -0.2) is 4.98 Å². The van der Waals surface area contributed by atoms with Gasteiger partial charge in [0.1, 0.15) is 0 Å². The summed E-state index contributed by atoms with van der Waals surface area (Å²) >= 11 is 1.63. The Morgan fingerprint density at radius 3 is 3.00 bits per heavy atom. The van der Waals surface area contributed by atoms with Crippen LogP contribution in [0.2, 0.25) is 0 Å². The van der Waals surface area contributed by atoms with Gasteiger partial charge in [-0.3, -0.25) is 9.69 Å². The van der Waals surface area contributed by atoms with Gasteiger partial charge in [0.2, 0.25) is 5.91 Å². The highest BCUT2D eigenvalue weighted by Crippen LogP contribution is 2.28. The second-order valence-corrected chi connectivity index (χ2v) is 7.92. The fourth-order valence-electron chi connectivity index (χ4n) is 3.08. The highest BCUT2D eigenvalue weighted by atomic mass is 32.1. The lowest BCUT2D eigenvalue weighted by Crippen LogP contribution is -2.35. The molecular formula is C18H24N4OS. The Bertz CT molecular complexity index is 729. The number of aryl methyl sites for hydroxylation is 1. The smallest absolute Gasteiger partial charge is 0.238 e. The summed E-state index contributed by atoms with van der Waals surface area (Å²) in [4.78, 5) is 19.0. The topological polar surface area (TPSA) is 71.2 Å². The lowest BCUT2D eigenvalue weighted by atomic mass is 9.90. The van der Waals surface area contributed by atoms with Crippen LogP contribution in [-0.4, -0.2) is 42.0 Å². The zero-order valence-electron chi connectivity index (χ0n) is 14.2. The second-order valence-electron chi connectivity index (χ2n) is 6.86. The Labute approximate surface area is 146 Å². The first kappa shape index (κ1) is 17.1. The first-order valence-electron chi connectivity index (χ1n) is 8.22. The number of hydrogen-bond donors (Lipinski definition) is 2. The summed E-state index contributed by atoms with van der Waals surface area (Å²) < 4.78 is 0. The molecule has 1 saturated heterocycles. The van der Waals surface area contributed by atoms with Gasteiger partial charge in [0.15, 0.2) is 0 Å². The second kappa shape index (κ2) is 7.01. The Morgan fingerprint density at radius 1 is 1.50 bits per heavy atom. The van der Waals surface area contributed by atoms with Crippen LogP contribution in [0.25, 0.3) is 11.3 Å². The molecule has 1 aliphatic rings. The molecule has 0 bridgehead atoms. The molecule has 3 rings (SSSR count). The maximum absolute atomic E-state index is 12.3. The van der Waals surface area contributed by atoms with E-state index in [1.807, 2.05) is 36.6 Å². The van der Waals surface area contributed by atoms with Crippen LogP contribution in [0, 0.1) is 12.3 Å². The van der Waals surface area contributed by atoms with Gasteiger partial charge in [0, 0.05) is 23.2 Å². The average Bonchev–Trinajstić information content (AvgIpc) is 3.14. The Hall–Kier alpha value is -1.76. The number of rotatable bonds is 5. The summed E-state index contributed by atoms with van der Waals surface area (Å²) in [7, 11) is 0. The lowest BCUT2D eigenvalue weighted by molar-refractivity contribution is -0.117. The van der Waals surface area contributed by atoms with Crippen molar-refractivity contribution in [2.45, 2.75) is 20.3 Å². The molecule has 1 aromatic carbocycles. The lowest BCUT2D eigenvalue weighted by Gasteiger charge is -2.22. The monoisotopic (exact) mass is 344 g/mol. The molecule has 1 amide bonds. The van der Waals surface area contributed by atoms with E-state index >= 15 is 0 Å². The van der Waals surface area contributed by atoms with Crippen LogP contribution < -0.4 is 11.1 Å². The Morgan fingerprint density at radius 2 is 2.33 bits per heavy atom. The number of hydrogen-bond acceptors (Lipinski definition) is 5. The largest absolute Gasteiger partial charge is 0.330 e. The van der Waals surface area contributed by atoms with Crippen molar-refractivity contribution < 1.29 is 4.79 Å².